The molecule has 0 bridgehead atoms. The molecule has 0 aliphatic heterocycles. The van der Waals surface area contributed by atoms with E-state index in [0.717, 1.165) is 6.07 Å². The minimum absolute atomic E-state index is 0.0992. The third-order valence-corrected chi connectivity index (χ3v) is 1.72. The Morgan fingerprint density at radius 3 is 2.59 bits per heavy atom. The van der Waals surface area contributed by atoms with Gasteiger partial charge in [-0.15, -0.1) is 0 Å². The Bertz CT molecular complexity index is 461. The fourth-order valence-corrected chi connectivity index (χ4v) is 1.11. The lowest BCUT2D eigenvalue weighted by Crippen LogP contribution is -2.14. The van der Waals surface area contributed by atoms with Gasteiger partial charge >= 0.3 is 12.1 Å². The van der Waals surface area contributed by atoms with Gasteiger partial charge in [-0.2, -0.15) is 13.2 Å². The molecule has 0 aliphatic rings. The maximum absolute atomic E-state index is 12.3. The van der Waals surface area contributed by atoms with Gasteiger partial charge in [0.25, 0.3) is 0 Å². The summed E-state index contributed by atoms with van der Waals surface area (Å²) in [5, 5.41) is 0. The van der Waals surface area contributed by atoms with E-state index in [2.05, 4.69) is 9.15 Å². The summed E-state index contributed by atoms with van der Waals surface area (Å²) in [6.07, 6.45) is -5.27. The average molecular weight is 250 g/mol. The van der Waals surface area contributed by atoms with Gasteiger partial charge in [0.05, 0.1) is 6.61 Å². The molecule has 0 aromatic carbocycles. The molecule has 0 fully saturated rings. The van der Waals surface area contributed by atoms with Crippen LogP contribution in [-0.4, -0.2) is 12.6 Å². The molecule has 0 N–H and O–H groups in total. The van der Waals surface area contributed by atoms with Crippen LogP contribution in [0.4, 0.5) is 13.2 Å². The third kappa shape index (κ3) is 3.93. The van der Waals surface area contributed by atoms with Crippen molar-refractivity contribution in [1.29, 1.82) is 0 Å². The van der Waals surface area contributed by atoms with Gasteiger partial charge in [-0.25, -0.2) is 0 Å². The zero-order valence-electron chi connectivity index (χ0n) is 8.84. The van der Waals surface area contributed by atoms with Crippen molar-refractivity contribution in [3.05, 3.63) is 33.9 Å². The van der Waals surface area contributed by atoms with E-state index in [1.54, 1.807) is 6.92 Å². The minimum Gasteiger partial charge on any atom is -0.466 e. The van der Waals surface area contributed by atoms with Crippen LogP contribution < -0.4 is 5.43 Å². The highest BCUT2D eigenvalue weighted by Gasteiger charge is 2.34. The molecule has 0 radical (unpaired) electrons. The molecule has 1 rings (SSSR count). The van der Waals surface area contributed by atoms with Gasteiger partial charge in [-0.1, -0.05) is 0 Å². The van der Waals surface area contributed by atoms with Crippen molar-refractivity contribution in [2.45, 2.75) is 19.5 Å². The largest absolute Gasteiger partial charge is 0.466 e. The van der Waals surface area contributed by atoms with Crippen molar-refractivity contribution in [1.82, 2.24) is 0 Å². The number of carbonyl (C=O) groups is 1. The van der Waals surface area contributed by atoms with E-state index < -0.39 is 29.8 Å². The Morgan fingerprint density at radius 2 is 2.06 bits per heavy atom. The van der Waals surface area contributed by atoms with Crippen LogP contribution in [0.2, 0.25) is 0 Å². The van der Waals surface area contributed by atoms with Gasteiger partial charge in [0.2, 0.25) is 5.76 Å². The first-order chi connectivity index (χ1) is 7.82. The highest BCUT2D eigenvalue weighted by Crippen LogP contribution is 2.28. The van der Waals surface area contributed by atoms with Gasteiger partial charge in [0.1, 0.15) is 12.2 Å². The monoisotopic (exact) mass is 250 g/mol. The van der Waals surface area contributed by atoms with Crippen LogP contribution in [0, 0.1) is 0 Å². The van der Waals surface area contributed by atoms with Crippen molar-refractivity contribution in [2.24, 2.45) is 0 Å². The number of hydrogen-bond acceptors (Lipinski definition) is 4. The third-order valence-electron chi connectivity index (χ3n) is 1.72. The number of halogens is 3. The average Bonchev–Trinajstić information content (AvgIpc) is 2.15. The number of hydrogen-bond donors (Lipinski definition) is 0. The fourth-order valence-electron chi connectivity index (χ4n) is 1.11. The van der Waals surface area contributed by atoms with Crippen LogP contribution in [0.1, 0.15) is 18.4 Å². The van der Waals surface area contributed by atoms with Crippen LogP contribution in [0.15, 0.2) is 21.3 Å². The first-order valence-corrected chi connectivity index (χ1v) is 4.70. The smallest absolute Gasteiger partial charge is 0.449 e. The molecular formula is C10H9F3O4. The first-order valence-electron chi connectivity index (χ1n) is 4.70. The Hall–Kier alpha value is -1.79. The predicted octanol–water partition coefficient (Wildman–Crippen LogP) is 1.76. The number of carbonyl (C=O) groups excluding carboxylic acids is 1. The highest BCUT2D eigenvalue weighted by molar-refractivity contribution is 5.71. The van der Waals surface area contributed by atoms with Crippen LogP contribution in [0.3, 0.4) is 0 Å². The lowest BCUT2D eigenvalue weighted by atomic mass is 10.3. The van der Waals surface area contributed by atoms with Crippen molar-refractivity contribution >= 4 is 5.97 Å². The van der Waals surface area contributed by atoms with E-state index in [1.165, 1.54) is 0 Å². The zero-order chi connectivity index (χ0) is 13.1. The van der Waals surface area contributed by atoms with Crippen molar-refractivity contribution < 1.29 is 27.1 Å². The zero-order valence-corrected chi connectivity index (χ0v) is 8.84. The van der Waals surface area contributed by atoms with E-state index >= 15 is 0 Å². The van der Waals surface area contributed by atoms with Crippen molar-refractivity contribution in [2.75, 3.05) is 6.61 Å². The summed E-state index contributed by atoms with van der Waals surface area (Å²) < 4.78 is 45.8. The molecule has 0 unspecified atom stereocenters. The SMILES string of the molecule is CCOC(=O)Cc1cc(=O)cc(C(F)(F)F)o1. The lowest BCUT2D eigenvalue weighted by molar-refractivity contribution is -0.155. The van der Waals surface area contributed by atoms with E-state index in [1.807, 2.05) is 0 Å². The molecule has 0 amide bonds. The summed E-state index contributed by atoms with van der Waals surface area (Å²) in [5.74, 6) is -2.55. The molecule has 94 valence electrons. The molecule has 0 saturated carbocycles. The maximum Gasteiger partial charge on any atom is 0.449 e. The van der Waals surface area contributed by atoms with Gasteiger partial charge in [0, 0.05) is 12.1 Å². The second kappa shape index (κ2) is 5.03. The number of esters is 1. The number of rotatable bonds is 3. The second-order valence-corrected chi connectivity index (χ2v) is 3.10. The molecule has 4 nitrogen and oxygen atoms in total. The van der Waals surface area contributed by atoms with Crippen molar-refractivity contribution in [3.8, 4) is 0 Å². The molecule has 0 atom stereocenters. The maximum atomic E-state index is 12.3. The summed E-state index contributed by atoms with van der Waals surface area (Å²) in [6, 6.07) is 1.15. The molecule has 0 saturated heterocycles. The topological polar surface area (TPSA) is 56.5 Å². The van der Waals surface area contributed by atoms with Gasteiger partial charge in [-0.05, 0) is 6.92 Å². The van der Waals surface area contributed by atoms with Gasteiger partial charge in [0.15, 0.2) is 5.43 Å². The summed E-state index contributed by atoms with van der Waals surface area (Å²) >= 11 is 0. The standard InChI is InChI=1S/C10H9F3O4/c1-2-16-9(15)5-7-3-6(14)4-8(17-7)10(11,12)13/h3-4H,2,5H2,1H3. The minimum atomic E-state index is -4.76. The number of alkyl halides is 3. The van der Waals surface area contributed by atoms with Crippen LogP contribution in [-0.2, 0) is 22.1 Å². The Labute approximate surface area is 94.0 Å². The Balaban J connectivity index is 2.98. The van der Waals surface area contributed by atoms with Gasteiger partial charge < -0.3 is 9.15 Å². The molecule has 1 heterocycles. The normalized spacial score (nSPS) is 11.3. The predicted molar refractivity (Wildman–Crippen MR) is 50.3 cm³/mol. The summed E-state index contributed by atoms with van der Waals surface area (Å²) in [4.78, 5) is 22.0. The quantitative estimate of drug-likeness (QED) is 0.767. The summed E-state index contributed by atoms with van der Waals surface area (Å²) in [5.41, 5.74) is -0.872. The summed E-state index contributed by atoms with van der Waals surface area (Å²) in [7, 11) is 0. The summed E-state index contributed by atoms with van der Waals surface area (Å²) in [6.45, 7) is 1.65. The molecular weight excluding hydrogens is 241 g/mol. The van der Waals surface area contributed by atoms with Gasteiger partial charge in [-0.3, -0.25) is 9.59 Å². The Kier molecular flexibility index (Phi) is 3.93. The lowest BCUT2D eigenvalue weighted by Gasteiger charge is -2.07. The van der Waals surface area contributed by atoms with Crippen LogP contribution in [0.5, 0.6) is 0 Å². The molecule has 1 aromatic rings. The second-order valence-electron chi connectivity index (χ2n) is 3.10. The van der Waals surface area contributed by atoms with Crippen molar-refractivity contribution in [3.63, 3.8) is 0 Å². The van der Waals surface area contributed by atoms with Crippen LogP contribution in [0.25, 0.3) is 0 Å². The Morgan fingerprint density at radius 1 is 1.41 bits per heavy atom. The fraction of sp³-hybridized carbons (Fsp3) is 0.400. The van der Waals surface area contributed by atoms with E-state index in [-0.39, 0.29) is 12.4 Å². The molecule has 7 heteroatoms. The molecule has 17 heavy (non-hydrogen) atoms. The molecule has 1 aromatic heterocycles. The number of ether oxygens (including phenoxy) is 1. The molecule has 0 aliphatic carbocycles. The highest BCUT2D eigenvalue weighted by atomic mass is 19.4. The van der Waals surface area contributed by atoms with E-state index in [4.69, 9.17) is 0 Å². The first kappa shape index (κ1) is 13.3. The van der Waals surface area contributed by atoms with Crippen LogP contribution >= 0.6 is 0 Å². The molecule has 0 spiro atoms. The van der Waals surface area contributed by atoms with E-state index in [9.17, 15) is 22.8 Å². The van der Waals surface area contributed by atoms with E-state index in [0.29, 0.717) is 6.07 Å².